The SMILES string of the molecule is O=C(NCc1cccc(COCc2ccco2)c1)C(c1ccccc1)c1ccccc1. The molecule has 0 unspecified atom stereocenters. The molecular formula is C27H25NO3. The number of hydrogen-bond acceptors (Lipinski definition) is 3. The van der Waals surface area contributed by atoms with E-state index in [1.807, 2.05) is 91.0 Å². The summed E-state index contributed by atoms with van der Waals surface area (Å²) in [6.45, 7) is 1.38. The lowest BCUT2D eigenvalue weighted by Crippen LogP contribution is -2.29. The number of nitrogens with one attached hydrogen (secondary N) is 1. The summed E-state index contributed by atoms with van der Waals surface area (Å²) in [6, 6.07) is 31.6. The number of carbonyl (C=O) groups excluding carboxylic acids is 1. The minimum absolute atomic E-state index is 0.0168. The highest BCUT2D eigenvalue weighted by molar-refractivity contribution is 5.87. The fourth-order valence-electron chi connectivity index (χ4n) is 3.57. The molecule has 0 aliphatic carbocycles. The zero-order chi connectivity index (χ0) is 21.3. The van der Waals surface area contributed by atoms with Crippen molar-refractivity contribution in [3.05, 3.63) is 131 Å². The number of furan rings is 1. The number of benzene rings is 3. The Kier molecular flexibility index (Phi) is 6.93. The van der Waals surface area contributed by atoms with Gasteiger partial charge in [-0.3, -0.25) is 4.79 Å². The van der Waals surface area contributed by atoms with Gasteiger partial charge in [-0.05, 0) is 34.4 Å². The van der Waals surface area contributed by atoms with E-state index in [9.17, 15) is 4.79 Å². The molecule has 0 saturated heterocycles. The molecule has 1 heterocycles. The van der Waals surface area contributed by atoms with Crippen LogP contribution in [0.25, 0.3) is 0 Å². The Hall–Kier alpha value is -3.63. The van der Waals surface area contributed by atoms with E-state index in [0.29, 0.717) is 19.8 Å². The highest BCUT2D eigenvalue weighted by Crippen LogP contribution is 2.25. The molecule has 31 heavy (non-hydrogen) atoms. The Morgan fingerprint density at radius 3 is 2.10 bits per heavy atom. The van der Waals surface area contributed by atoms with Gasteiger partial charge in [0.1, 0.15) is 12.4 Å². The van der Waals surface area contributed by atoms with Crippen LogP contribution in [0.3, 0.4) is 0 Å². The van der Waals surface area contributed by atoms with Gasteiger partial charge in [-0.2, -0.15) is 0 Å². The van der Waals surface area contributed by atoms with Gasteiger partial charge in [0.05, 0.1) is 18.8 Å². The standard InChI is InChI=1S/C27H25NO3/c29-27(26(23-11-3-1-4-12-23)24-13-5-2-6-14-24)28-18-21-9-7-10-22(17-21)19-30-20-25-15-8-16-31-25/h1-17,26H,18-20H2,(H,28,29). The normalized spacial score (nSPS) is 10.9. The van der Waals surface area contributed by atoms with Crippen LogP contribution in [0.15, 0.2) is 108 Å². The summed E-state index contributed by atoms with van der Waals surface area (Å²) in [4.78, 5) is 13.2. The Bertz CT molecular complexity index is 1040. The lowest BCUT2D eigenvalue weighted by atomic mass is 9.90. The van der Waals surface area contributed by atoms with Crippen molar-refractivity contribution in [2.45, 2.75) is 25.7 Å². The van der Waals surface area contributed by atoms with Gasteiger partial charge in [0, 0.05) is 6.54 Å². The smallest absolute Gasteiger partial charge is 0.232 e. The van der Waals surface area contributed by atoms with Crippen LogP contribution in [0.4, 0.5) is 0 Å². The van der Waals surface area contributed by atoms with E-state index in [0.717, 1.165) is 28.0 Å². The van der Waals surface area contributed by atoms with Gasteiger partial charge in [-0.15, -0.1) is 0 Å². The molecule has 0 bridgehead atoms. The first-order valence-corrected chi connectivity index (χ1v) is 10.3. The van der Waals surface area contributed by atoms with Crippen LogP contribution < -0.4 is 5.32 Å². The monoisotopic (exact) mass is 411 g/mol. The van der Waals surface area contributed by atoms with Gasteiger partial charge in [0.25, 0.3) is 0 Å². The van der Waals surface area contributed by atoms with Crippen LogP contribution in [0.2, 0.25) is 0 Å². The molecule has 0 saturated carbocycles. The molecule has 0 spiro atoms. The first-order chi connectivity index (χ1) is 15.3. The third-order valence-corrected chi connectivity index (χ3v) is 5.08. The number of rotatable bonds is 9. The van der Waals surface area contributed by atoms with Crippen molar-refractivity contribution in [1.29, 1.82) is 0 Å². The minimum Gasteiger partial charge on any atom is -0.467 e. The first-order valence-electron chi connectivity index (χ1n) is 10.3. The summed E-state index contributed by atoms with van der Waals surface area (Å²) in [7, 11) is 0. The zero-order valence-corrected chi connectivity index (χ0v) is 17.2. The van der Waals surface area contributed by atoms with E-state index in [1.165, 1.54) is 0 Å². The van der Waals surface area contributed by atoms with E-state index in [2.05, 4.69) is 11.4 Å². The van der Waals surface area contributed by atoms with Crippen molar-refractivity contribution in [3.8, 4) is 0 Å². The molecule has 3 aromatic carbocycles. The summed E-state index contributed by atoms with van der Waals surface area (Å²) in [5.41, 5.74) is 4.05. The zero-order valence-electron chi connectivity index (χ0n) is 17.2. The van der Waals surface area contributed by atoms with Crippen molar-refractivity contribution in [1.82, 2.24) is 5.32 Å². The van der Waals surface area contributed by atoms with Crippen molar-refractivity contribution in [3.63, 3.8) is 0 Å². The molecular weight excluding hydrogens is 386 g/mol. The molecule has 0 radical (unpaired) electrons. The third kappa shape index (κ3) is 5.71. The second-order valence-corrected chi connectivity index (χ2v) is 7.36. The van der Waals surface area contributed by atoms with E-state index in [-0.39, 0.29) is 11.8 Å². The maximum Gasteiger partial charge on any atom is 0.232 e. The number of hydrogen-bond donors (Lipinski definition) is 1. The predicted molar refractivity (Wildman–Crippen MR) is 120 cm³/mol. The van der Waals surface area contributed by atoms with Crippen molar-refractivity contribution >= 4 is 5.91 Å². The van der Waals surface area contributed by atoms with E-state index in [4.69, 9.17) is 9.15 Å². The summed E-state index contributed by atoms with van der Waals surface area (Å²) < 4.78 is 11.0. The molecule has 156 valence electrons. The molecule has 1 amide bonds. The highest BCUT2D eigenvalue weighted by atomic mass is 16.5. The number of ether oxygens (including phenoxy) is 1. The lowest BCUT2D eigenvalue weighted by Gasteiger charge is -2.18. The molecule has 0 fully saturated rings. The van der Waals surface area contributed by atoms with Crippen LogP contribution in [-0.4, -0.2) is 5.91 Å². The van der Waals surface area contributed by atoms with Crippen LogP contribution >= 0.6 is 0 Å². The van der Waals surface area contributed by atoms with Gasteiger partial charge in [0.2, 0.25) is 5.91 Å². The topological polar surface area (TPSA) is 51.5 Å². The average Bonchev–Trinajstić information content (AvgIpc) is 3.33. The molecule has 0 aliphatic rings. The fourth-order valence-corrected chi connectivity index (χ4v) is 3.57. The van der Waals surface area contributed by atoms with Crippen LogP contribution in [0.5, 0.6) is 0 Å². The first kappa shape index (κ1) is 20.6. The van der Waals surface area contributed by atoms with Gasteiger partial charge >= 0.3 is 0 Å². The number of carbonyl (C=O) groups is 1. The Morgan fingerprint density at radius 1 is 0.774 bits per heavy atom. The Labute approximate surface area is 182 Å². The van der Waals surface area contributed by atoms with Crippen LogP contribution in [0, 0.1) is 0 Å². The maximum absolute atomic E-state index is 13.2. The van der Waals surface area contributed by atoms with Gasteiger partial charge < -0.3 is 14.5 Å². The maximum atomic E-state index is 13.2. The summed E-state index contributed by atoms with van der Waals surface area (Å²) in [5.74, 6) is 0.440. The molecule has 4 heteroatoms. The lowest BCUT2D eigenvalue weighted by molar-refractivity contribution is -0.121. The van der Waals surface area contributed by atoms with Gasteiger partial charge in [-0.25, -0.2) is 0 Å². The highest BCUT2D eigenvalue weighted by Gasteiger charge is 2.22. The van der Waals surface area contributed by atoms with Crippen LogP contribution in [-0.2, 0) is 29.3 Å². The fraction of sp³-hybridized carbons (Fsp3) is 0.148. The average molecular weight is 412 g/mol. The van der Waals surface area contributed by atoms with Crippen molar-refractivity contribution in [2.75, 3.05) is 0 Å². The number of amides is 1. The van der Waals surface area contributed by atoms with Gasteiger partial charge in [0.15, 0.2) is 0 Å². The second-order valence-electron chi connectivity index (χ2n) is 7.36. The van der Waals surface area contributed by atoms with E-state index < -0.39 is 0 Å². The molecule has 4 aromatic rings. The van der Waals surface area contributed by atoms with Crippen molar-refractivity contribution in [2.24, 2.45) is 0 Å². The molecule has 1 aromatic heterocycles. The van der Waals surface area contributed by atoms with Gasteiger partial charge in [-0.1, -0.05) is 84.9 Å². The molecule has 1 N–H and O–H groups in total. The summed E-state index contributed by atoms with van der Waals surface area (Å²) in [5, 5.41) is 3.11. The predicted octanol–water partition coefficient (Wildman–Crippen LogP) is 5.44. The Balaban J connectivity index is 1.39. The summed E-state index contributed by atoms with van der Waals surface area (Å²) >= 11 is 0. The van der Waals surface area contributed by atoms with E-state index in [1.54, 1.807) is 6.26 Å². The molecule has 4 nitrogen and oxygen atoms in total. The largest absolute Gasteiger partial charge is 0.467 e. The molecule has 0 atom stereocenters. The Morgan fingerprint density at radius 2 is 1.45 bits per heavy atom. The van der Waals surface area contributed by atoms with Crippen molar-refractivity contribution < 1.29 is 13.9 Å². The minimum atomic E-state index is -0.345. The van der Waals surface area contributed by atoms with E-state index >= 15 is 0 Å². The molecule has 0 aliphatic heterocycles. The third-order valence-electron chi connectivity index (χ3n) is 5.08. The quantitative estimate of drug-likeness (QED) is 0.399. The van der Waals surface area contributed by atoms with Crippen LogP contribution in [0.1, 0.15) is 33.9 Å². The molecule has 4 rings (SSSR count). The second kappa shape index (κ2) is 10.4. The summed E-state index contributed by atoms with van der Waals surface area (Å²) in [6.07, 6.45) is 1.64.